The number of hydrogen-bond acceptors (Lipinski definition) is 3. The van der Waals surface area contributed by atoms with Gasteiger partial charge in [-0.25, -0.2) is 8.42 Å². The van der Waals surface area contributed by atoms with Gasteiger partial charge in [0.05, 0.1) is 10.9 Å². The van der Waals surface area contributed by atoms with Gasteiger partial charge in [0.2, 0.25) is 10.0 Å². The first-order valence-corrected chi connectivity index (χ1v) is 11.0. The third-order valence-electron chi connectivity index (χ3n) is 5.38. The van der Waals surface area contributed by atoms with Gasteiger partial charge in [-0.15, -0.1) is 0 Å². The molecular formula is C24H23NO3S. The zero-order valence-corrected chi connectivity index (χ0v) is 17.5. The molecule has 0 amide bonds. The molecule has 0 spiro atoms. The second-order valence-electron chi connectivity index (χ2n) is 7.68. The van der Waals surface area contributed by atoms with Crippen LogP contribution in [0.2, 0.25) is 0 Å². The Hall–Kier alpha value is -2.76. The van der Waals surface area contributed by atoms with E-state index in [2.05, 4.69) is 0 Å². The summed E-state index contributed by atoms with van der Waals surface area (Å²) >= 11 is 0. The zero-order chi connectivity index (χ0) is 20.8. The molecule has 1 unspecified atom stereocenters. The highest BCUT2D eigenvalue weighted by Gasteiger charge is 2.60. The minimum Gasteiger partial charge on any atom is -0.292 e. The molecule has 0 saturated carbocycles. The van der Waals surface area contributed by atoms with Crippen LogP contribution in [0.15, 0.2) is 77.7 Å². The lowest BCUT2D eigenvalue weighted by molar-refractivity contribution is 0.0981. The van der Waals surface area contributed by atoms with Crippen LogP contribution in [0.5, 0.6) is 0 Å². The van der Waals surface area contributed by atoms with Crippen LogP contribution in [0, 0.1) is 20.8 Å². The Morgan fingerprint density at radius 1 is 0.724 bits per heavy atom. The van der Waals surface area contributed by atoms with E-state index in [1.165, 1.54) is 4.31 Å². The number of Topliss-reactive ketones (excluding diaryl/α,β-unsaturated/α-hetero) is 1. The number of carbonyl (C=O) groups excluding carboxylic acids is 1. The highest BCUT2D eigenvalue weighted by molar-refractivity contribution is 7.89. The number of sulfonamides is 1. The van der Waals surface area contributed by atoms with E-state index in [9.17, 15) is 13.2 Å². The van der Waals surface area contributed by atoms with E-state index in [0.717, 1.165) is 22.3 Å². The Morgan fingerprint density at radius 3 is 1.69 bits per heavy atom. The molecule has 148 valence electrons. The molecule has 0 aromatic heterocycles. The van der Waals surface area contributed by atoms with Gasteiger partial charge in [-0.3, -0.25) is 4.79 Å². The van der Waals surface area contributed by atoms with Crippen LogP contribution >= 0.6 is 0 Å². The van der Waals surface area contributed by atoms with Crippen LogP contribution in [0.3, 0.4) is 0 Å². The van der Waals surface area contributed by atoms with Gasteiger partial charge in [0.1, 0.15) is 6.04 Å². The number of aryl methyl sites for hydroxylation is 3. The molecule has 5 heteroatoms. The van der Waals surface area contributed by atoms with E-state index in [1.54, 1.807) is 36.4 Å². The molecular weight excluding hydrogens is 382 g/mol. The van der Waals surface area contributed by atoms with Crippen molar-refractivity contribution in [2.75, 3.05) is 0 Å². The Labute approximate surface area is 171 Å². The van der Waals surface area contributed by atoms with Crippen LogP contribution in [0.25, 0.3) is 0 Å². The summed E-state index contributed by atoms with van der Waals surface area (Å²) in [5.74, 6) is -0.175. The molecule has 1 aliphatic heterocycles. The molecule has 1 fully saturated rings. The Morgan fingerprint density at radius 2 is 1.17 bits per heavy atom. The lowest BCUT2D eigenvalue weighted by atomic mass is 10.0. The summed E-state index contributed by atoms with van der Waals surface area (Å²) in [5, 5.41) is 0. The third-order valence-corrected chi connectivity index (χ3v) is 7.25. The predicted molar refractivity (Wildman–Crippen MR) is 113 cm³/mol. The summed E-state index contributed by atoms with van der Waals surface area (Å²) in [6.45, 7) is 5.84. The monoisotopic (exact) mass is 405 g/mol. The molecule has 0 radical (unpaired) electrons. The molecule has 0 N–H and O–H groups in total. The van der Waals surface area contributed by atoms with Crippen molar-refractivity contribution >= 4 is 15.8 Å². The van der Waals surface area contributed by atoms with Crippen LogP contribution in [-0.2, 0) is 10.0 Å². The number of ketones is 1. The Kier molecular flexibility index (Phi) is 4.89. The minimum absolute atomic E-state index is 0.175. The van der Waals surface area contributed by atoms with Crippen LogP contribution in [0.4, 0.5) is 0 Å². The van der Waals surface area contributed by atoms with Gasteiger partial charge in [0.15, 0.2) is 5.78 Å². The molecule has 3 aromatic rings. The van der Waals surface area contributed by atoms with Crippen molar-refractivity contribution in [1.29, 1.82) is 0 Å². The zero-order valence-electron chi connectivity index (χ0n) is 16.7. The second kappa shape index (κ2) is 7.25. The molecule has 3 atom stereocenters. The van der Waals surface area contributed by atoms with Gasteiger partial charge in [-0.05, 0) is 38.5 Å². The topological polar surface area (TPSA) is 54.2 Å². The van der Waals surface area contributed by atoms with Crippen molar-refractivity contribution in [3.63, 3.8) is 0 Å². The maximum atomic E-state index is 13.3. The first-order valence-electron chi connectivity index (χ1n) is 9.57. The number of benzene rings is 3. The fraction of sp³-hybridized carbons (Fsp3) is 0.208. The summed E-state index contributed by atoms with van der Waals surface area (Å²) in [7, 11) is -3.79. The van der Waals surface area contributed by atoms with Gasteiger partial charge in [0.25, 0.3) is 0 Å². The first kappa shape index (κ1) is 19.6. The summed E-state index contributed by atoms with van der Waals surface area (Å²) in [5.41, 5.74) is 4.48. The summed E-state index contributed by atoms with van der Waals surface area (Å²) < 4.78 is 28.0. The van der Waals surface area contributed by atoms with Gasteiger partial charge < -0.3 is 0 Å². The van der Waals surface area contributed by atoms with Gasteiger partial charge in [-0.2, -0.15) is 4.31 Å². The van der Waals surface area contributed by atoms with Gasteiger partial charge in [0, 0.05) is 5.56 Å². The molecule has 0 bridgehead atoms. The number of rotatable bonds is 5. The fourth-order valence-electron chi connectivity index (χ4n) is 3.58. The molecule has 0 aliphatic carbocycles. The quantitative estimate of drug-likeness (QED) is 0.460. The highest BCUT2D eigenvalue weighted by atomic mass is 32.2. The van der Waals surface area contributed by atoms with E-state index >= 15 is 0 Å². The maximum absolute atomic E-state index is 13.3. The smallest absolute Gasteiger partial charge is 0.244 e. The van der Waals surface area contributed by atoms with Crippen molar-refractivity contribution in [1.82, 2.24) is 4.31 Å². The molecule has 1 aliphatic rings. The summed E-state index contributed by atoms with van der Waals surface area (Å²) in [6, 6.07) is 20.5. The highest BCUT2D eigenvalue weighted by Crippen LogP contribution is 2.49. The van der Waals surface area contributed by atoms with E-state index in [4.69, 9.17) is 0 Å². The predicted octanol–water partition coefficient (Wildman–Crippen LogP) is 4.61. The number of carbonyl (C=O) groups is 1. The number of nitrogens with zero attached hydrogens (tertiary/aromatic N) is 1. The SMILES string of the molecule is Cc1ccc(C(=O)[C@H]2[C@H](c3ccc(C)cc3)N2S(=O)(=O)c2ccc(C)cc2)cc1. The second-order valence-corrected chi connectivity index (χ2v) is 9.52. The van der Waals surface area contributed by atoms with Gasteiger partial charge in [-0.1, -0.05) is 77.4 Å². The third kappa shape index (κ3) is 3.63. The van der Waals surface area contributed by atoms with E-state index in [1.807, 2.05) is 57.2 Å². The average Bonchev–Trinajstić information content (AvgIpc) is 3.45. The maximum Gasteiger partial charge on any atom is 0.244 e. The first-order chi connectivity index (χ1) is 13.8. The van der Waals surface area contributed by atoms with Crippen molar-refractivity contribution in [3.8, 4) is 0 Å². The van der Waals surface area contributed by atoms with Crippen molar-refractivity contribution < 1.29 is 13.2 Å². The molecule has 4 rings (SSSR count). The van der Waals surface area contributed by atoms with E-state index in [0.29, 0.717) is 5.56 Å². The average molecular weight is 406 g/mol. The fourth-order valence-corrected chi connectivity index (χ4v) is 5.30. The normalized spacial score (nSPS) is 21.0. The molecule has 1 saturated heterocycles. The molecule has 29 heavy (non-hydrogen) atoms. The van der Waals surface area contributed by atoms with Crippen molar-refractivity contribution in [2.45, 2.75) is 37.8 Å². The Balaban J connectivity index is 1.74. The lowest BCUT2D eigenvalue weighted by Gasteiger charge is -2.07. The molecule has 4 nitrogen and oxygen atoms in total. The Bertz CT molecular complexity index is 1150. The number of hydrogen-bond donors (Lipinski definition) is 0. The van der Waals surface area contributed by atoms with E-state index in [-0.39, 0.29) is 10.7 Å². The molecule has 1 heterocycles. The lowest BCUT2D eigenvalue weighted by Crippen LogP contribution is -2.19. The van der Waals surface area contributed by atoms with Crippen LogP contribution in [0.1, 0.15) is 38.7 Å². The van der Waals surface area contributed by atoms with Crippen molar-refractivity contribution in [3.05, 3.63) is 101 Å². The minimum atomic E-state index is -3.79. The van der Waals surface area contributed by atoms with Gasteiger partial charge >= 0.3 is 0 Å². The summed E-state index contributed by atoms with van der Waals surface area (Å²) in [6.07, 6.45) is 0. The largest absolute Gasteiger partial charge is 0.292 e. The standard InChI is InChI=1S/C24H23NO3S/c1-16-4-10-19(11-5-16)22-23(24(26)20-12-6-17(2)7-13-20)25(22)29(27,28)21-14-8-18(3)9-15-21/h4-15,22-23H,1-3H3/t22-,23+,25?/m0/s1. The van der Waals surface area contributed by atoms with Crippen LogP contribution in [-0.4, -0.2) is 24.5 Å². The van der Waals surface area contributed by atoms with E-state index < -0.39 is 22.1 Å². The van der Waals surface area contributed by atoms with Crippen LogP contribution < -0.4 is 0 Å². The van der Waals surface area contributed by atoms with Crippen molar-refractivity contribution in [2.24, 2.45) is 0 Å². The summed E-state index contributed by atoms with van der Waals surface area (Å²) in [4.78, 5) is 13.4. The molecule has 3 aromatic carbocycles.